The van der Waals surface area contributed by atoms with Gasteiger partial charge in [-0.1, -0.05) is 35.3 Å². The van der Waals surface area contributed by atoms with Crippen LogP contribution in [0.5, 0.6) is 0 Å². The summed E-state index contributed by atoms with van der Waals surface area (Å²) in [4.78, 5) is 28.6. The van der Waals surface area contributed by atoms with Crippen molar-refractivity contribution in [1.29, 1.82) is 0 Å². The van der Waals surface area contributed by atoms with Crippen LogP contribution in [0.25, 0.3) is 5.82 Å². The van der Waals surface area contributed by atoms with Crippen molar-refractivity contribution in [2.75, 3.05) is 13.2 Å². The second kappa shape index (κ2) is 9.73. The summed E-state index contributed by atoms with van der Waals surface area (Å²) >= 11 is 11.9. The normalized spacial score (nSPS) is 10.7. The molecule has 1 aromatic carbocycles. The number of amides is 1. The lowest BCUT2D eigenvalue weighted by Crippen LogP contribution is -2.30. The first-order valence-corrected chi connectivity index (χ1v) is 9.97. The molecule has 0 bridgehead atoms. The summed E-state index contributed by atoms with van der Waals surface area (Å²) in [7, 11) is 0. The minimum absolute atomic E-state index is 0.0734. The lowest BCUT2D eigenvalue weighted by molar-refractivity contribution is -0.124. The number of halogens is 2. The maximum absolute atomic E-state index is 12.4. The molecule has 7 nitrogen and oxygen atoms in total. The van der Waals surface area contributed by atoms with Gasteiger partial charge in [-0.2, -0.15) is 5.10 Å². The van der Waals surface area contributed by atoms with Crippen molar-refractivity contribution in [3.63, 3.8) is 0 Å². The first kappa shape index (κ1) is 21.8. The Balaban J connectivity index is 1.55. The molecular weight excluding hydrogens is 427 g/mol. The van der Waals surface area contributed by atoms with E-state index in [2.05, 4.69) is 15.4 Å². The van der Waals surface area contributed by atoms with E-state index in [-0.39, 0.29) is 10.7 Å². The summed E-state index contributed by atoms with van der Waals surface area (Å²) < 4.78 is 6.67. The highest BCUT2D eigenvalue weighted by molar-refractivity contribution is 6.33. The summed E-state index contributed by atoms with van der Waals surface area (Å²) in [6, 6.07) is 12.4. The van der Waals surface area contributed by atoms with Crippen molar-refractivity contribution in [1.82, 2.24) is 20.1 Å². The van der Waals surface area contributed by atoms with E-state index in [9.17, 15) is 9.59 Å². The molecule has 2 heterocycles. The number of hydrogen-bond donors (Lipinski definition) is 1. The summed E-state index contributed by atoms with van der Waals surface area (Å²) in [5.41, 5.74) is 2.65. The summed E-state index contributed by atoms with van der Waals surface area (Å²) in [6.07, 6.45) is 0.634. The quantitative estimate of drug-likeness (QED) is 0.559. The van der Waals surface area contributed by atoms with Crippen molar-refractivity contribution in [2.24, 2.45) is 0 Å². The Morgan fingerprint density at radius 2 is 1.83 bits per heavy atom. The van der Waals surface area contributed by atoms with Crippen LogP contribution in [0.2, 0.25) is 10.0 Å². The molecular formula is C21H20Cl2N4O3. The summed E-state index contributed by atoms with van der Waals surface area (Å²) in [5.74, 6) is -0.760. The Morgan fingerprint density at radius 1 is 1.10 bits per heavy atom. The van der Waals surface area contributed by atoms with Crippen molar-refractivity contribution >= 4 is 35.1 Å². The largest absolute Gasteiger partial charge is 0.451 e. The Bertz CT molecular complexity index is 1060. The van der Waals surface area contributed by atoms with E-state index in [0.717, 1.165) is 17.0 Å². The number of hydrogen-bond acceptors (Lipinski definition) is 5. The van der Waals surface area contributed by atoms with Gasteiger partial charge in [0.25, 0.3) is 5.91 Å². The molecule has 0 radical (unpaired) electrons. The van der Waals surface area contributed by atoms with Crippen LogP contribution in [0.4, 0.5) is 0 Å². The minimum atomic E-state index is -0.781. The summed E-state index contributed by atoms with van der Waals surface area (Å²) in [6.45, 7) is 3.72. The molecule has 0 aliphatic carbocycles. The van der Waals surface area contributed by atoms with Crippen molar-refractivity contribution in [3.05, 3.63) is 75.2 Å². The maximum Gasteiger partial charge on any atom is 0.359 e. The molecule has 0 unspecified atom stereocenters. The van der Waals surface area contributed by atoms with Gasteiger partial charge in [-0.05, 0) is 56.2 Å². The lowest BCUT2D eigenvalue weighted by Gasteiger charge is -2.09. The van der Waals surface area contributed by atoms with Crippen LogP contribution < -0.4 is 5.32 Å². The number of pyridine rings is 1. The fourth-order valence-electron chi connectivity index (χ4n) is 2.80. The second-order valence-electron chi connectivity index (χ2n) is 6.64. The zero-order valence-corrected chi connectivity index (χ0v) is 18.0. The number of rotatable bonds is 7. The highest BCUT2D eigenvalue weighted by Gasteiger charge is 2.18. The van der Waals surface area contributed by atoms with Crippen molar-refractivity contribution < 1.29 is 14.3 Å². The number of esters is 1. The van der Waals surface area contributed by atoms with Crippen LogP contribution in [-0.4, -0.2) is 39.8 Å². The smallest absolute Gasteiger partial charge is 0.359 e. The average molecular weight is 447 g/mol. The van der Waals surface area contributed by atoms with E-state index in [4.69, 9.17) is 27.9 Å². The van der Waals surface area contributed by atoms with Gasteiger partial charge in [0.2, 0.25) is 0 Å². The first-order valence-electron chi connectivity index (χ1n) is 9.22. The van der Waals surface area contributed by atoms with Crippen molar-refractivity contribution in [2.45, 2.75) is 20.3 Å². The second-order valence-corrected chi connectivity index (χ2v) is 7.48. The molecule has 30 heavy (non-hydrogen) atoms. The zero-order valence-electron chi connectivity index (χ0n) is 16.5. The van der Waals surface area contributed by atoms with E-state index in [1.54, 1.807) is 28.9 Å². The van der Waals surface area contributed by atoms with Crippen LogP contribution in [-0.2, 0) is 16.0 Å². The number of nitrogens with one attached hydrogen (secondary N) is 1. The molecule has 0 saturated heterocycles. The van der Waals surface area contributed by atoms with Gasteiger partial charge in [0, 0.05) is 17.3 Å². The number of benzene rings is 1. The third kappa shape index (κ3) is 5.58. The molecule has 0 saturated carbocycles. The number of ether oxygens (including phenoxy) is 1. The van der Waals surface area contributed by atoms with Gasteiger partial charge in [0.1, 0.15) is 0 Å². The highest BCUT2D eigenvalue weighted by atomic mass is 35.5. The van der Waals surface area contributed by atoms with Gasteiger partial charge in [-0.3, -0.25) is 4.79 Å². The lowest BCUT2D eigenvalue weighted by atomic mass is 10.1. The minimum Gasteiger partial charge on any atom is -0.451 e. The SMILES string of the molecule is Cc1cc(C)n(-c2ccc(Cl)c(C(=O)OCC(=O)NCCc3ccc(Cl)cc3)n2)n1. The van der Waals surface area contributed by atoms with Crippen LogP contribution in [0.3, 0.4) is 0 Å². The Kier molecular flexibility index (Phi) is 7.07. The number of aryl methyl sites for hydroxylation is 2. The number of carbonyl (C=O) groups excluding carboxylic acids is 2. The molecule has 0 aliphatic heterocycles. The van der Waals surface area contributed by atoms with Crippen LogP contribution in [0, 0.1) is 13.8 Å². The fraction of sp³-hybridized carbons (Fsp3) is 0.238. The number of aromatic nitrogens is 3. The van der Waals surface area contributed by atoms with Gasteiger partial charge in [0.15, 0.2) is 18.1 Å². The zero-order chi connectivity index (χ0) is 21.7. The predicted molar refractivity (Wildman–Crippen MR) is 114 cm³/mol. The van der Waals surface area contributed by atoms with Gasteiger partial charge in [-0.15, -0.1) is 0 Å². The molecule has 0 fully saturated rings. The van der Waals surface area contributed by atoms with E-state index in [1.165, 1.54) is 0 Å². The monoisotopic (exact) mass is 446 g/mol. The van der Waals surface area contributed by atoms with Crippen LogP contribution in [0.15, 0.2) is 42.5 Å². The third-order valence-corrected chi connectivity index (χ3v) is 4.79. The van der Waals surface area contributed by atoms with E-state index in [0.29, 0.717) is 23.8 Å². The van der Waals surface area contributed by atoms with E-state index >= 15 is 0 Å². The molecule has 1 N–H and O–H groups in total. The third-order valence-electron chi connectivity index (χ3n) is 4.23. The number of nitrogens with zero attached hydrogens (tertiary/aromatic N) is 3. The fourth-order valence-corrected chi connectivity index (χ4v) is 3.11. The molecule has 156 valence electrons. The average Bonchev–Trinajstić information content (AvgIpc) is 3.06. The molecule has 1 amide bonds. The standard InChI is InChI=1S/C21H20Cl2N4O3/c1-13-11-14(2)27(26-13)18-8-7-17(23)20(25-18)21(29)30-12-19(28)24-10-9-15-3-5-16(22)6-4-15/h3-8,11H,9-10,12H2,1-2H3,(H,24,28). The van der Waals surface area contributed by atoms with Crippen LogP contribution in [0.1, 0.15) is 27.4 Å². The molecule has 0 aliphatic rings. The maximum atomic E-state index is 12.4. The molecule has 0 atom stereocenters. The predicted octanol–water partition coefficient (Wildman–Crippen LogP) is 3.71. The molecule has 2 aromatic heterocycles. The summed E-state index contributed by atoms with van der Waals surface area (Å²) in [5, 5.41) is 7.82. The van der Waals surface area contributed by atoms with Gasteiger partial charge >= 0.3 is 5.97 Å². The Labute approximate surface area is 184 Å². The van der Waals surface area contributed by atoms with Crippen LogP contribution >= 0.6 is 23.2 Å². The molecule has 3 rings (SSSR count). The van der Waals surface area contributed by atoms with E-state index in [1.807, 2.05) is 32.0 Å². The molecule has 0 spiro atoms. The first-order chi connectivity index (χ1) is 14.3. The Morgan fingerprint density at radius 3 is 2.50 bits per heavy atom. The Hall–Kier alpha value is -2.90. The molecule has 3 aromatic rings. The van der Waals surface area contributed by atoms with Gasteiger partial charge in [0.05, 0.1) is 10.7 Å². The topological polar surface area (TPSA) is 86.1 Å². The van der Waals surface area contributed by atoms with Gasteiger partial charge in [-0.25, -0.2) is 14.5 Å². The molecule has 9 heteroatoms. The van der Waals surface area contributed by atoms with Gasteiger partial charge < -0.3 is 10.1 Å². The van der Waals surface area contributed by atoms with E-state index < -0.39 is 18.5 Å². The number of carbonyl (C=O) groups is 2. The van der Waals surface area contributed by atoms with Crippen molar-refractivity contribution in [3.8, 4) is 5.82 Å². The highest BCUT2D eigenvalue weighted by Crippen LogP contribution is 2.18.